The SMILES string of the molecule is CN(CC1CCCC1O)CC1(O)CCOCC1. The molecular weight excluding hydrogens is 218 g/mol. The molecule has 1 aliphatic carbocycles. The summed E-state index contributed by atoms with van der Waals surface area (Å²) in [6, 6.07) is 0. The van der Waals surface area contributed by atoms with Gasteiger partial charge < -0.3 is 19.8 Å². The topological polar surface area (TPSA) is 52.9 Å². The lowest BCUT2D eigenvalue weighted by atomic mass is 9.93. The van der Waals surface area contributed by atoms with Crippen LogP contribution >= 0.6 is 0 Å². The summed E-state index contributed by atoms with van der Waals surface area (Å²) < 4.78 is 5.28. The molecule has 0 aromatic carbocycles. The standard InChI is InChI=1S/C13H25NO3/c1-14(9-11-3-2-4-12(11)15)10-13(16)5-7-17-8-6-13/h11-12,15-16H,2-10H2,1H3. The quantitative estimate of drug-likeness (QED) is 0.760. The van der Waals surface area contributed by atoms with Gasteiger partial charge in [0.05, 0.1) is 11.7 Å². The van der Waals surface area contributed by atoms with Crippen LogP contribution < -0.4 is 0 Å². The molecule has 1 aliphatic heterocycles. The molecule has 2 aliphatic rings. The smallest absolute Gasteiger partial charge is 0.0817 e. The minimum absolute atomic E-state index is 0.137. The molecule has 0 amide bonds. The number of hydrogen-bond acceptors (Lipinski definition) is 4. The van der Waals surface area contributed by atoms with E-state index in [1.54, 1.807) is 0 Å². The van der Waals surface area contributed by atoms with Crippen LogP contribution in [-0.2, 0) is 4.74 Å². The molecular formula is C13H25NO3. The van der Waals surface area contributed by atoms with Gasteiger partial charge in [-0.1, -0.05) is 6.42 Å². The molecule has 2 atom stereocenters. The maximum absolute atomic E-state index is 10.4. The Morgan fingerprint density at radius 3 is 2.59 bits per heavy atom. The minimum atomic E-state index is -0.587. The Morgan fingerprint density at radius 1 is 1.29 bits per heavy atom. The summed E-state index contributed by atoms with van der Waals surface area (Å²) in [6.45, 7) is 2.91. The largest absolute Gasteiger partial charge is 0.393 e. The van der Waals surface area contributed by atoms with Crippen molar-refractivity contribution in [2.75, 3.05) is 33.4 Å². The first-order valence-corrected chi connectivity index (χ1v) is 6.76. The van der Waals surface area contributed by atoms with Crippen molar-refractivity contribution >= 4 is 0 Å². The van der Waals surface area contributed by atoms with Crippen LogP contribution in [0.5, 0.6) is 0 Å². The molecule has 2 N–H and O–H groups in total. The fraction of sp³-hybridized carbons (Fsp3) is 1.00. The highest BCUT2D eigenvalue weighted by Crippen LogP contribution is 2.27. The van der Waals surface area contributed by atoms with E-state index in [1.165, 1.54) is 0 Å². The van der Waals surface area contributed by atoms with Crippen LogP contribution in [0.2, 0.25) is 0 Å². The Hall–Kier alpha value is -0.160. The highest BCUT2D eigenvalue weighted by molar-refractivity contribution is 4.86. The lowest BCUT2D eigenvalue weighted by molar-refractivity contribution is -0.0792. The number of aliphatic hydroxyl groups is 2. The summed E-state index contributed by atoms with van der Waals surface area (Å²) in [4.78, 5) is 2.17. The molecule has 0 spiro atoms. The van der Waals surface area contributed by atoms with E-state index in [-0.39, 0.29) is 6.10 Å². The second-order valence-electron chi connectivity index (χ2n) is 5.79. The summed E-state index contributed by atoms with van der Waals surface area (Å²) >= 11 is 0. The van der Waals surface area contributed by atoms with Crippen molar-refractivity contribution in [1.29, 1.82) is 0 Å². The number of ether oxygens (including phenoxy) is 1. The molecule has 1 saturated heterocycles. The summed E-state index contributed by atoms with van der Waals surface area (Å²) in [5.74, 6) is 0.392. The summed E-state index contributed by atoms with van der Waals surface area (Å²) in [7, 11) is 2.04. The van der Waals surface area contributed by atoms with Gasteiger partial charge in [-0.05, 0) is 25.8 Å². The van der Waals surface area contributed by atoms with E-state index in [1.807, 2.05) is 7.05 Å². The van der Waals surface area contributed by atoms with Crippen molar-refractivity contribution in [2.24, 2.45) is 5.92 Å². The summed E-state index contributed by atoms with van der Waals surface area (Å²) in [6.07, 6.45) is 4.51. The number of rotatable bonds is 4. The van der Waals surface area contributed by atoms with Gasteiger partial charge in [0.15, 0.2) is 0 Å². The zero-order valence-corrected chi connectivity index (χ0v) is 10.8. The first-order valence-electron chi connectivity index (χ1n) is 6.76. The molecule has 100 valence electrons. The molecule has 0 aromatic heterocycles. The number of likely N-dealkylation sites (N-methyl/N-ethyl adjacent to an activating group) is 1. The maximum Gasteiger partial charge on any atom is 0.0817 e. The van der Waals surface area contributed by atoms with E-state index in [4.69, 9.17) is 4.74 Å². The Bertz CT molecular complexity index is 241. The second kappa shape index (κ2) is 5.65. The van der Waals surface area contributed by atoms with Crippen LogP contribution in [0.3, 0.4) is 0 Å². The average molecular weight is 243 g/mol. The van der Waals surface area contributed by atoms with Crippen LogP contribution in [0.25, 0.3) is 0 Å². The van der Waals surface area contributed by atoms with Crippen LogP contribution in [0.4, 0.5) is 0 Å². The first kappa shape index (κ1) is 13.3. The van der Waals surface area contributed by atoms with E-state index in [0.29, 0.717) is 25.7 Å². The van der Waals surface area contributed by atoms with Crippen LogP contribution in [0.1, 0.15) is 32.1 Å². The van der Waals surface area contributed by atoms with Gasteiger partial charge in [0.25, 0.3) is 0 Å². The van der Waals surface area contributed by atoms with Gasteiger partial charge >= 0.3 is 0 Å². The Balaban J connectivity index is 1.77. The first-order chi connectivity index (χ1) is 8.09. The Kier molecular flexibility index (Phi) is 4.42. The van der Waals surface area contributed by atoms with Crippen LogP contribution in [0.15, 0.2) is 0 Å². The molecule has 4 nitrogen and oxygen atoms in total. The molecule has 0 aromatic rings. The van der Waals surface area contributed by atoms with Gasteiger partial charge in [-0.15, -0.1) is 0 Å². The van der Waals surface area contributed by atoms with E-state index in [9.17, 15) is 10.2 Å². The number of nitrogens with zero attached hydrogens (tertiary/aromatic N) is 1. The molecule has 2 fully saturated rings. The second-order valence-corrected chi connectivity index (χ2v) is 5.79. The van der Waals surface area contributed by atoms with Gasteiger partial charge in [-0.3, -0.25) is 0 Å². The van der Waals surface area contributed by atoms with Gasteiger partial charge in [0.2, 0.25) is 0 Å². The van der Waals surface area contributed by atoms with Crippen LogP contribution in [-0.4, -0.2) is 60.2 Å². The third-order valence-electron chi connectivity index (χ3n) is 4.15. The lowest BCUT2D eigenvalue weighted by Gasteiger charge is -2.36. The molecule has 1 saturated carbocycles. The monoisotopic (exact) mass is 243 g/mol. The van der Waals surface area contributed by atoms with E-state index >= 15 is 0 Å². The molecule has 0 bridgehead atoms. The number of aliphatic hydroxyl groups excluding tert-OH is 1. The third-order valence-corrected chi connectivity index (χ3v) is 4.15. The van der Waals surface area contributed by atoms with Gasteiger partial charge in [0, 0.05) is 39.1 Å². The molecule has 0 radical (unpaired) electrons. The average Bonchev–Trinajstić information content (AvgIpc) is 2.64. The van der Waals surface area contributed by atoms with Gasteiger partial charge in [-0.2, -0.15) is 0 Å². The van der Waals surface area contributed by atoms with Crippen molar-refractivity contribution < 1.29 is 14.9 Å². The fourth-order valence-electron chi connectivity index (χ4n) is 3.11. The van der Waals surface area contributed by atoms with Gasteiger partial charge in [-0.25, -0.2) is 0 Å². The van der Waals surface area contributed by atoms with Crippen molar-refractivity contribution in [3.63, 3.8) is 0 Å². The van der Waals surface area contributed by atoms with E-state index in [2.05, 4.69) is 4.90 Å². The van der Waals surface area contributed by atoms with Crippen molar-refractivity contribution in [3.05, 3.63) is 0 Å². The number of hydrogen-bond donors (Lipinski definition) is 2. The molecule has 1 heterocycles. The molecule has 17 heavy (non-hydrogen) atoms. The molecule has 2 rings (SSSR count). The van der Waals surface area contributed by atoms with Crippen molar-refractivity contribution in [2.45, 2.75) is 43.8 Å². The zero-order valence-electron chi connectivity index (χ0n) is 10.8. The zero-order chi connectivity index (χ0) is 12.3. The highest BCUT2D eigenvalue weighted by Gasteiger charge is 2.33. The Labute approximate surface area is 104 Å². The van der Waals surface area contributed by atoms with Gasteiger partial charge in [0.1, 0.15) is 0 Å². The lowest BCUT2D eigenvalue weighted by Crippen LogP contribution is -2.47. The summed E-state index contributed by atoms with van der Waals surface area (Å²) in [5.41, 5.74) is -0.587. The third kappa shape index (κ3) is 3.65. The van der Waals surface area contributed by atoms with Crippen LogP contribution in [0, 0.1) is 5.92 Å². The van der Waals surface area contributed by atoms with Crippen molar-refractivity contribution in [3.8, 4) is 0 Å². The highest BCUT2D eigenvalue weighted by atomic mass is 16.5. The van der Waals surface area contributed by atoms with Crippen molar-refractivity contribution in [1.82, 2.24) is 4.90 Å². The minimum Gasteiger partial charge on any atom is -0.393 e. The predicted molar refractivity (Wildman–Crippen MR) is 65.8 cm³/mol. The van der Waals surface area contributed by atoms with E-state index in [0.717, 1.165) is 38.6 Å². The van der Waals surface area contributed by atoms with E-state index < -0.39 is 5.60 Å². The molecule has 2 unspecified atom stereocenters. The molecule has 4 heteroatoms. The summed E-state index contributed by atoms with van der Waals surface area (Å²) in [5, 5.41) is 20.2. The Morgan fingerprint density at radius 2 is 2.00 bits per heavy atom. The normalized spacial score (nSPS) is 33.2. The maximum atomic E-state index is 10.4. The fourth-order valence-corrected chi connectivity index (χ4v) is 3.11. The predicted octanol–water partition coefficient (Wildman–Crippen LogP) is 0.621.